The molecule has 3 nitrogen and oxygen atoms in total. The lowest BCUT2D eigenvalue weighted by atomic mass is 10.1. The average Bonchev–Trinajstić information content (AvgIpc) is 2.38. The van der Waals surface area contributed by atoms with Gasteiger partial charge in [0.25, 0.3) is 0 Å². The van der Waals surface area contributed by atoms with Crippen molar-refractivity contribution in [1.82, 2.24) is 0 Å². The fourth-order valence-electron chi connectivity index (χ4n) is 1.75. The Morgan fingerprint density at radius 2 is 2.14 bits per heavy atom. The minimum Gasteiger partial charge on any atom is -0.298 e. The summed E-state index contributed by atoms with van der Waals surface area (Å²) in [6.07, 6.45) is 1.25. The summed E-state index contributed by atoms with van der Waals surface area (Å²) in [6.45, 7) is 1.69. The second-order valence-corrected chi connectivity index (χ2v) is 5.88. The Morgan fingerprint density at radius 3 is 2.79 bits per heavy atom. The molecule has 1 unspecified atom stereocenters. The van der Waals surface area contributed by atoms with E-state index in [4.69, 9.17) is 0 Å². The van der Waals surface area contributed by atoms with Gasteiger partial charge in [0, 0.05) is 5.56 Å². The van der Waals surface area contributed by atoms with Crippen LogP contribution in [0.15, 0.2) is 23.1 Å². The van der Waals surface area contributed by atoms with Crippen molar-refractivity contribution in [2.24, 2.45) is 0 Å². The van der Waals surface area contributed by atoms with Crippen LogP contribution in [0, 0.1) is 0 Å². The predicted octanol–water partition coefficient (Wildman–Crippen LogP) is 1.22. The number of hydrogen-bond donors (Lipinski definition) is 0. The first-order valence-corrected chi connectivity index (χ1v) is 5.92. The Balaban J connectivity index is 2.65. The zero-order valence-electron chi connectivity index (χ0n) is 7.73. The highest BCUT2D eigenvalue weighted by Gasteiger charge is 2.33. The predicted molar refractivity (Wildman–Crippen MR) is 52.2 cm³/mol. The van der Waals surface area contributed by atoms with E-state index in [0.29, 0.717) is 16.9 Å². The number of rotatable bonds is 1. The molecule has 1 aliphatic rings. The maximum Gasteiger partial charge on any atom is 0.181 e. The molecular weight excluding hydrogens is 200 g/mol. The van der Waals surface area contributed by atoms with E-state index < -0.39 is 9.84 Å². The molecule has 0 N–H and O–H groups in total. The van der Waals surface area contributed by atoms with Crippen molar-refractivity contribution < 1.29 is 13.2 Å². The molecule has 0 fully saturated rings. The van der Waals surface area contributed by atoms with Gasteiger partial charge in [0.15, 0.2) is 9.84 Å². The fourth-order valence-corrected chi connectivity index (χ4v) is 3.34. The lowest BCUT2D eigenvalue weighted by Crippen LogP contribution is -2.11. The molecule has 2 rings (SSSR count). The molecular formula is C10H10O3S. The van der Waals surface area contributed by atoms with Gasteiger partial charge in [0.1, 0.15) is 6.29 Å². The lowest BCUT2D eigenvalue weighted by molar-refractivity contribution is 0.112. The van der Waals surface area contributed by atoms with E-state index in [2.05, 4.69) is 0 Å². The van der Waals surface area contributed by atoms with E-state index in [1.54, 1.807) is 19.1 Å². The second-order valence-electron chi connectivity index (χ2n) is 3.54. The maximum atomic E-state index is 11.7. The number of carbonyl (C=O) groups excluding carboxylic acids is 1. The number of fused-ring (bicyclic) bond motifs is 1. The largest absolute Gasteiger partial charge is 0.298 e. The molecule has 1 aromatic rings. The summed E-state index contributed by atoms with van der Waals surface area (Å²) in [6, 6.07) is 4.72. The second kappa shape index (κ2) is 2.92. The molecule has 0 aromatic heterocycles. The first-order valence-electron chi connectivity index (χ1n) is 4.37. The molecule has 0 bridgehead atoms. The lowest BCUT2D eigenvalue weighted by Gasteiger charge is -1.99. The van der Waals surface area contributed by atoms with Crippen LogP contribution in [0.5, 0.6) is 0 Å². The minimum atomic E-state index is -3.13. The van der Waals surface area contributed by atoms with E-state index in [9.17, 15) is 13.2 Å². The SMILES string of the molecule is CC1Cc2cc(C=O)ccc2S1(=O)=O. The van der Waals surface area contributed by atoms with Gasteiger partial charge in [0.05, 0.1) is 10.1 Å². The third-order valence-corrected chi connectivity index (χ3v) is 4.80. The van der Waals surface area contributed by atoms with Gasteiger partial charge < -0.3 is 0 Å². The highest BCUT2D eigenvalue weighted by Crippen LogP contribution is 2.31. The minimum absolute atomic E-state index is 0.362. The van der Waals surface area contributed by atoms with E-state index in [0.717, 1.165) is 11.8 Å². The van der Waals surface area contributed by atoms with Gasteiger partial charge in [0.2, 0.25) is 0 Å². The van der Waals surface area contributed by atoms with Crippen molar-refractivity contribution in [1.29, 1.82) is 0 Å². The van der Waals surface area contributed by atoms with Gasteiger partial charge in [-0.1, -0.05) is 6.07 Å². The van der Waals surface area contributed by atoms with Crippen molar-refractivity contribution in [2.45, 2.75) is 23.5 Å². The quantitative estimate of drug-likeness (QED) is 0.655. The van der Waals surface area contributed by atoms with Gasteiger partial charge >= 0.3 is 0 Å². The fraction of sp³-hybridized carbons (Fsp3) is 0.300. The Morgan fingerprint density at radius 1 is 1.43 bits per heavy atom. The van der Waals surface area contributed by atoms with E-state index >= 15 is 0 Å². The Hall–Kier alpha value is -1.16. The van der Waals surface area contributed by atoms with Crippen LogP contribution in [0.25, 0.3) is 0 Å². The van der Waals surface area contributed by atoms with Gasteiger partial charge in [-0.05, 0) is 31.0 Å². The first kappa shape index (κ1) is 9.40. The van der Waals surface area contributed by atoms with Crippen LogP contribution in [-0.2, 0) is 16.3 Å². The number of hydrogen-bond acceptors (Lipinski definition) is 3. The standard InChI is InChI=1S/C10H10O3S/c1-7-4-9-5-8(6-11)2-3-10(9)14(7,12)13/h2-3,5-7H,4H2,1H3. The van der Waals surface area contributed by atoms with Crippen LogP contribution in [0.2, 0.25) is 0 Å². The summed E-state index contributed by atoms with van der Waals surface area (Å²) in [5.74, 6) is 0. The number of sulfone groups is 1. The highest BCUT2D eigenvalue weighted by atomic mass is 32.2. The molecule has 1 heterocycles. The monoisotopic (exact) mass is 210 g/mol. The van der Waals surface area contributed by atoms with E-state index in [1.807, 2.05) is 0 Å². The first-order chi connectivity index (χ1) is 6.55. The van der Waals surface area contributed by atoms with Crippen LogP contribution >= 0.6 is 0 Å². The molecule has 4 heteroatoms. The molecule has 0 aliphatic carbocycles. The van der Waals surface area contributed by atoms with Crippen LogP contribution in [-0.4, -0.2) is 20.0 Å². The number of benzene rings is 1. The molecule has 0 amide bonds. The van der Waals surface area contributed by atoms with Crippen molar-refractivity contribution in [2.75, 3.05) is 0 Å². The summed E-state index contributed by atoms with van der Waals surface area (Å²) < 4.78 is 23.4. The van der Waals surface area contributed by atoms with E-state index in [-0.39, 0.29) is 5.25 Å². The van der Waals surface area contributed by atoms with E-state index in [1.165, 1.54) is 6.07 Å². The Kier molecular flexibility index (Phi) is 1.96. The van der Waals surface area contributed by atoms with Crippen molar-refractivity contribution in [3.05, 3.63) is 29.3 Å². The Bertz CT molecular complexity index is 488. The normalized spacial score (nSPS) is 23.1. The van der Waals surface area contributed by atoms with Crippen LogP contribution < -0.4 is 0 Å². The number of aldehydes is 1. The average molecular weight is 210 g/mol. The summed E-state index contributed by atoms with van der Waals surface area (Å²) in [5, 5.41) is -0.362. The molecule has 0 radical (unpaired) electrons. The smallest absolute Gasteiger partial charge is 0.181 e. The van der Waals surface area contributed by atoms with Gasteiger partial charge in [-0.2, -0.15) is 0 Å². The van der Waals surface area contributed by atoms with Crippen LogP contribution in [0.3, 0.4) is 0 Å². The molecule has 1 aromatic carbocycles. The van der Waals surface area contributed by atoms with Crippen LogP contribution in [0.1, 0.15) is 22.8 Å². The summed E-state index contributed by atoms with van der Waals surface area (Å²) >= 11 is 0. The summed E-state index contributed by atoms with van der Waals surface area (Å²) in [5.41, 5.74) is 1.30. The molecule has 1 atom stereocenters. The number of carbonyl (C=O) groups is 1. The zero-order valence-corrected chi connectivity index (χ0v) is 8.54. The van der Waals surface area contributed by atoms with Crippen molar-refractivity contribution in [3.63, 3.8) is 0 Å². The van der Waals surface area contributed by atoms with Gasteiger partial charge in [-0.25, -0.2) is 8.42 Å². The van der Waals surface area contributed by atoms with Crippen molar-refractivity contribution in [3.8, 4) is 0 Å². The molecule has 74 valence electrons. The van der Waals surface area contributed by atoms with Crippen LogP contribution in [0.4, 0.5) is 0 Å². The topological polar surface area (TPSA) is 51.2 Å². The van der Waals surface area contributed by atoms with Gasteiger partial charge in [-0.15, -0.1) is 0 Å². The van der Waals surface area contributed by atoms with Crippen molar-refractivity contribution >= 4 is 16.1 Å². The molecule has 0 saturated heterocycles. The Labute approximate surface area is 82.7 Å². The third kappa shape index (κ3) is 1.18. The molecule has 1 aliphatic heterocycles. The third-order valence-electron chi connectivity index (χ3n) is 2.56. The summed E-state index contributed by atoms with van der Waals surface area (Å²) in [4.78, 5) is 10.9. The molecule has 0 spiro atoms. The zero-order chi connectivity index (χ0) is 10.3. The molecule has 0 saturated carbocycles. The van der Waals surface area contributed by atoms with Gasteiger partial charge in [-0.3, -0.25) is 4.79 Å². The highest BCUT2D eigenvalue weighted by molar-refractivity contribution is 7.92. The molecule has 14 heavy (non-hydrogen) atoms. The maximum absolute atomic E-state index is 11.7. The summed E-state index contributed by atoms with van der Waals surface area (Å²) in [7, 11) is -3.13.